The Balaban J connectivity index is 2.19. The van der Waals surface area contributed by atoms with Crippen LogP contribution in [0.25, 0.3) is 11.3 Å². The average molecular weight is 323 g/mol. The van der Waals surface area contributed by atoms with Gasteiger partial charge in [0.2, 0.25) is 0 Å². The Morgan fingerprint density at radius 1 is 1.33 bits per heavy atom. The molecule has 0 radical (unpaired) electrons. The summed E-state index contributed by atoms with van der Waals surface area (Å²) in [6, 6.07) is 10.8. The molecular weight excluding hydrogens is 308 g/mol. The number of benzene rings is 1. The number of carbonyl (C=O) groups is 1. The van der Waals surface area contributed by atoms with Crippen LogP contribution in [0.1, 0.15) is 10.4 Å². The molecule has 4 nitrogen and oxygen atoms in total. The minimum atomic E-state index is -0.936. The van der Waals surface area contributed by atoms with Crippen molar-refractivity contribution < 1.29 is 9.00 Å². The molecule has 1 N–H and O–H groups in total. The Kier molecular flexibility index (Phi) is 5.47. The molecule has 0 fully saturated rings. The van der Waals surface area contributed by atoms with Crippen LogP contribution < -0.4 is 5.32 Å². The van der Waals surface area contributed by atoms with Crippen LogP contribution in [0, 0.1) is 0 Å². The predicted octanol–water partition coefficient (Wildman–Crippen LogP) is 2.51. The average Bonchev–Trinajstić information content (AvgIpc) is 2.48. The normalized spacial score (nSPS) is 11.9. The minimum absolute atomic E-state index is 0.275. The standard InChI is InChI=1S/C15H15ClN2O2S/c1-21(20)9-8-18-15(19)12-10-11(5-6-13(12)16)14-4-2-3-7-17-14/h2-7,10H,8-9H2,1H3,(H,18,19)/t21-/m1/s1. The van der Waals surface area contributed by atoms with Gasteiger partial charge in [0, 0.05) is 41.1 Å². The summed E-state index contributed by atoms with van der Waals surface area (Å²) in [7, 11) is -0.936. The van der Waals surface area contributed by atoms with Crippen molar-refractivity contribution in [3.05, 3.63) is 53.2 Å². The molecule has 0 spiro atoms. The van der Waals surface area contributed by atoms with E-state index in [-0.39, 0.29) is 5.91 Å². The summed E-state index contributed by atoms with van der Waals surface area (Å²) in [6.07, 6.45) is 3.29. The minimum Gasteiger partial charge on any atom is -0.351 e. The Bertz CT molecular complexity index is 662. The molecule has 1 aromatic heterocycles. The summed E-state index contributed by atoms with van der Waals surface area (Å²) < 4.78 is 11.0. The molecule has 21 heavy (non-hydrogen) atoms. The van der Waals surface area contributed by atoms with Crippen molar-refractivity contribution in [2.75, 3.05) is 18.6 Å². The molecule has 2 rings (SSSR count). The fourth-order valence-electron chi connectivity index (χ4n) is 1.80. The largest absolute Gasteiger partial charge is 0.351 e. The number of aromatic nitrogens is 1. The lowest BCUT2D eigenvalue weighted by Crippen LogP contribution is -2.27. The van der Waals surface area contributed by atoms with E-state index in [1.807, 2.05) is 24.3 Å². The zero-order valence-corrected chi connectivity index (χ0v) is 13.1. The topological polar surface area (TPSA) is 59.1 Å². The monoisotopic (exact) mass is 322 g/mol. The molecule has 0 aliphatic rings. The lowest BCUT2D eigenvalue weighted by atomic mass is 10.1. The second kappa shape index (κ2) is 7.33. The Labute approximate surface area is 131 Å². The molecule has 2 aromatic rings. The molecular formula is C15H15ClN2O2S. The van der Waals surface area contributed by atoms with Gasteiger partial charge in [-0.05, 0) is 24.3 Å². The van der Waals surface area contributed by atoms with E-state index in [9.17, 15) is 9.00 Å². The van der Waals surface area contributed by atoms with Crippen molar-refractivity contribution in [1.82, 2.24) is 10.3 Å². The van der Waals surface area contributed by atoms with E-state index in [1.165, 1.54) is 0 Å². The van der Waals surface area contributed by atoms with Crippen molar-refractivity contribution in [3.63, 3.8) is 0 Å². The van der Waals surface area contributed by atoms with Gasteiger partial charge in [0.25, 0.3) is 5.91 Å². The van der Waals surface area contributed by atoms with Crippen LogP contribution in [0.4, 0.5) is 0 Å². The molecule has 110 valence electrons. The first-order valence-electron chi connectivity index (χ1n) is 6.37. The highest BCUT2D eigenvalue weighted by atomic mass is 35.5. The Hall–Kier alpha value is -1.72. The quantitative estimate of drug-likeness (QED) is 0.920. The number of hydrogen-bond donors (Lipinski definition) is 1. The van der Waals surface area contributed by atoms with Gasteiger partial charge < -0.3 is 5.32 Å². The maximum absolute atomic E-state index is 12.1. The van der Waals surface area contributed by atoms with Crippen molar-refractivity contribution in [2.24, 2.45) is 0 Å². The van der Waals surface area contributed by atoms with Gasteiger partial charge >= 0.3 is 0 Å². The molecule has 0 aliphatic heterocycles. The fraction of sp³-hybridized carbons (Fsp3) is 0.200. The van der Waals surface area contributed by atoms with Crippen molar-refractivity contribution in [1.29, 1.82) is 0 Å². The first kappa shape index (κ1) is 15.7. The summed E-state index contributed by atoms with van der Waals surface area (Å²) >= 11 is 6.08. The Morgan fingerprint density at radius 3 is 2.81 bits per heavy atom. The number of nitrogens with one attached hydrogen (secondary N) is 1. The molecule has 1 aromatic carbocycles. The SMILES string of the molecule is C[S@@](=O)CCNC(=O)c1cc(-c2ccccn2)ccc1Cl. The van der Waals surface area contributed by atoms with Crippen LogP contribution in [-0.2, 0) is 10.8 Å². The molecule has 0 saturated carbocycles. The zero-order chi connectivity index (χ0) is 15.2. The number of pyridine rings is 1. The molecule has 1 atom stereocenters. The first-order chi connectivity index (χ1) is 10.1. The van der Waals surface area contributed by atoms with Crippen LogP contribution in [-0.4, -0.2) is 33.7 Å². The summed E-state index contributed by atoms with van der Waals surface area (Å²) in [6.45, 7) is 0.353. The third-order valence-electron chi connectivity index (χ3n) is 2.85. The third kappa shape index (κ3) is 4.37. The maximum atomic E-state index is 12.1. The number of amides is 1. The van der Waals surface area contributed by atoms with Gasteiger partial charge in [0.05, 0.1) is 16.3 Å². The van der Waals surface area contributed by atoms with Gasteiger partial charge in [-0.25, -0.2) is 0 Å². The van der Waals surface area contributed by atoms with Crippen molar-refractivity contribution in [3.8, 4) is 11.3 Å². The molecule has 0 saturated heterocycles. The molecule has 6 heteroatoms. The lowest BCUT2D eigenvalue weighted by molar-refractivity contribution is 0.0956. The first-order valence-corrected chi connectivity index (χ1v) is 8.47. The van der Waals surface area contributed by atoms with Crippen LogP contribution in [0.2, 0.25) is 5.02 Å². The van der Waals surface area contributed by atoms with Gasteiger partial charge in [-0.15, -0.1) is 0 Å². The third-order valence-corrected chi connectivity index (χ3v) is 3.96. The van der Waals surface area contributed by atoms with E-state index >= 15 is 0 Å². The molecule has 0 unspecified atom stereocenters. The van der Waals surface area contributed by atoms with Crippen LogP contribution in [0.15, 0.2) is 42.6 Å². The van der Waals surface area contributed by atoms with Gasteiger partial charge in [0.15, 0.2) is 0 Å². The fourth-order valence-corrected chi connectivity index (χ4v) is 2.39. The lowest BCUT2D eigenvalue weighted by Gasteiger charge is -2.08. The zero-order valence-electron chi connectivity index (χ0n) is 11.5. The van der Waals surface area contributed by atoms with Crippen LogP contribution in [0.5, 0.6) is 0 Å². The van der Waals surface area contributed by atoms with Crippen molar-refractivity contribution >= 4 is 28.3 Å². The van der Waals surface area contributed by atoms with Crippen molar-refractivity contribution in [2.45, 2.75) is 0 Å². The highest BCUT2D eigenvalue weighted by Gasteiger charge is 2.12. The number of hydrogen-bond acceptors (Lipinski definition) is 3. The number of rotatable bonds is 5. The summed E-state index contributed by atoms with van der Waals surface area (Å²) in [5.41, 5.74) is 1.99. The summed E-state index contributed by atoms with van der Waals surface area (Å²) in [5, 5.41) is 3.09. The van der Waals surface area contributed by atoms with Gasteiger partial charge in [-0.3, -0.25) is 14.0 Å². The highest BCUT2D eigenvalue weighted by molar-refractivity contribution is 7.84. The molecule has 0 aliphatic carbocycles. The van der Waals surface area contributed by atoms with E-state index in [1.54, 1.807) is 24.6 Å². The smallest absolute Gasteiger partial charge is 0.252 e. The van der Waals surface area contributed by atoms with E-state index < -0.39 is 10.8 Å². The van der Waals surface area contributed by atoms with Crippen LogP contribution in [0.3, 0.4) is 0 Å². The predicted molar refractivity (Wildman–Crippen MR) is 85.9 cm³/mol. The van der Waals surface area contributed by atoms with Gasteiger partial charge in [-0.2, -0.15) is 0 Å². The maximum Gasteiger partial charge on any atom is 0.252 e. The summed E-state index contributed by atoms with van der Waals surface area (Å²) in [5.74, 6) is 0.145. The number of nitrogens with zero attached hydrogens (tertiary/aromatic N) is 1. The van der Waals surface area contributed by atoms with Gasteiger partial charge in [-0.1, -0.05) is 23.7 Å². The Morgan fingerprint density at radius 2 is 2.14 bits per heavy atom. The molecule has 0 bridgehead atoms. The van der Waals surface area contributed by atoms with E-state index in [2.05, 4.69) is 10.3 Å². The summed E-state index contributed by atoms with van der Waals surface area (Å²) in [4.78, 5) is 16.4. The second-order valence-corrected chi connectivity index (χ2v) is 6.40. The number of carbonyl (C=O) groups excluding carboxylic acids is 1. The van der Waals surface area contributed by atoms with E-state index in [0.717, 1.165) is 11.3 Å². The van der Waals surface area contributed by atoms with Gasteiger partial charge in [0.1, 0.15) is 0 Å². The van der Waals surface area contributed by atoms with E-state index in [0.29, 0.717) is 22.9 Å². The molecule has 1 heterocycles. The molecule has 1 amide bonds. The van der Waals surface area contributed by atoms with E-state index in [4.69, 9.17) is 11.6 Å². The highest BCUT2D eigenvalue weighted by Crippen LogP contribution is 2.23. The number of halogens is 1. The van der Waals surface area contributed by atoms with Crippen LogP contribution >= 0.6 is 11.6 Å². The second-order valence-electron chi connectivity index (χ2n) is 4.44.